The van der Waals surface area contributed by atoms with E-state index in [9.17, 15) is 9.59 Å². The van der Waals surface area contributed by atoms with Crippen molar-refractivity contribution in [2.24, 2.45) is 5.92 Å². The van der Waals surface area contributed by atoms with Crippen molar-refractivity contribution in [2.75, 3.05) is 30.8 Å². The number of likely N-dealkylation sites (tertiary alicyclic amines) is 1. The number of hydrogen-bond acceptors (Lipinski definition) is 4. The van der Waals surface area contributed by atoms with E-state index in [0.29, 0.717) is 11.5 Å². The second-order valence-corrected chi connectivity index (χ2v) is 7.87. The van der Waals surface area contributed by atoms with Crippen molar-refractivity contribution in [3.05, 3.63) is 42.6 Å². The summed E-state index contributed by atoms with van der Waals surface area (Å²) in [6.45, 7) is 5.82. The Labute approximate surface area is 171 Å². The third kappa shape index (κ3) is 5.57. The summed E-state index contributed by atoms with van der Waals surface area (Å²) in [5.41, 5.74) is 0.674. The molecule has 29 heavy (non-hydrogen) atoms. The molecule has 2 aromatic rings. The summed E-state index contributed by atoms with van der Waals surface area (Å²) in [6, 6.07) is 10.1. The van der Waals surface area contributed by atoms with E-state index < -0.39 is 12.1 Å². The Morgan fingerprint density at radius 1 is 1.07 bits per heavy atom. The zero-order valence-corrected chi connectivity index (χ0v) is 17.3. The number of amides is 3. The van der Waals surface area contributed by atoms with Gasteiger partial charge in [0, 0.05) is 11.8 Å². The van der Waals surface area contributed by atoms with E-state index in [0.717, 1.165) is 25.9 Å². The topological polar surface area (TPSA) is 91.3 Å². The minimum Gasteiger partial charge on any atom is -0.326 e. The van der Waals surface area contributed by atoms with Crippen molar-refractivity contribution in [1.29, 1.82) is 0 Å². The largest absolute Gasteiger partial charge is 0.326 e. The lowest BCUT2D eigenvalue weighted by atomic mass is 10.0. The van der Waals surface area contributed by atoms with Crippen LogP contribution in [0.1, 0.15) is 32.7 Å². The first-order valence-electron chi connectivity index (χ1n) is 10.1. The van der Waals surface area contributed by atoms with Crippen LogP contribution in [0.3, 0.4) is 0 Å². The molecule has 0 bridgehead atoms. The molecule has 0 radical (unpaired) electrons. The predicted molar refractivity (Wildman–Crippen MR) is 114 cm³/mol. The first-order valence-corrected chi connectivity index (χ1v) is 10.1. The Balaban J connectivity index is 1.63. The van der Waals surface area contributed by atoms with Gasteiger partial charge < -0.3 is 20.9 Å². The summed E-state index contributed by atoms with van der Waals surface area (Å²) < 4.78 is 1.90. The Kier molecular flexibility index (Phi) is 6.87. The summed E-state index contributed by atoms with van der Waals surface area (Å²) >= 11 is 0. The molecule has 0 aliphatic carbocycles. The summed E-state index contributed by atoms with van der Waals surface area (Å²) in [7, 11) is 2.11. The highest BCUT2D eigenvalue weighted by Crippen LogP contribution is 2.25. The van der Waals surface area contributed by atoms with Gasteiger partial charge in [-0.25, -0.2) is 9.48 Å². The van der Waals surface area contributed by atoms with Gasteiger partial charge >= 0.3 is 6.03 Å². The fourth-order valence-corrected chi connectivity index (χ4v) is 3.51. The van der Waals surface area contributed by atoms with Crippen molar-refractivity contribution >= 4 is 23.4 Å². The van der Waals surface area contributed by atoms with E-state index in [1.807, 2.05) is 36.7 Å². The van der Waals surface area contributed by atoms with E-state index in [2.05, 4.69) is 33.0 Å². The van der Waals surface area contributed by atoms with Crippen molar-refractivity contribution in [1.82, 2.24) is 20.0 Å². The monoisotopic (exact) mass is 398 g/mol. The minimum absolute atomic E-state index is 0.0729. The predicted octanol–water partition coefficient (Wildman–Crippen LogP) is 2.93. The molecular formula is C21H30N6O2. The van der Waals surface area contributed by atoms with Gasteiger partial charge in [0.1, 0.15) is 11.9 Å². The highest BCUT2D eigenvalue weighted by Gasteiger charge is 2.27. The Hall–Kier alpha value is -2.87. The molecule has 2 heterocycles. The van der Waals surface area contributed by atoms with Crippen molar-refractivity contribution in [3.63, 3.8) is 0 Å². The normalized spacial score (nSPS) is 16.4. The molecule has 1 fully saturated rings. The van der Waals surface area contributed by atoms with Gasteiger partial charge in [-0.05, 0) is 51.0 Å². The molecule has 1 aliphatic rings. The van der Waals surface area contributed by atoms with Gasteiger partial charge in [-0.15, -0.1) is 0 Å². The standard InChI is InChI=1S/C21H30N6O2/c1-15(2)19(25-21(29)23-16-7-5-4-6-8-16)20(28)24-18-9-12-22-27(18)17-10-13-26(3)14-11-17/h4-9,12,15,17,19H,10-11,13-14H2,1-3H3,(H,24,28)(H2,23,25,29)/t19-/m0/s1. The van der Waals surface area contributed by atoms with Crippen LogP contribution in [-0.4, -0.2) is 52.8 Å². The summed E-state index contributed by atoms with van der Waals surface area (Å²) in [5.74, 6) is 0.342. The molecule has 3 N–H and O–H groups in total. The number of piperidine rings is 1. The number of carbonyl (C=O) groups excluding carboxylic acids is 2. The fourth-order valence-electron chi connectivity index (χ4n) is 3.51. The smallest absolute Gasteiger partial charge is 0.319 e. The van der Waals surface area contributed by atoms with Crippen LogP contribution in [0.25, 0.3) is 0 Å². The van der Waals surface area contributed by atoms with Crippen LogP contribution in [0.5, 0.6) is 0 Å². The molecule has 0 spiro atoms. The molecule has 3 rings (SSSR count). The number of nitrogens with zero attached hydrogens (tertiary/aromatic N) is 3. The average molecular weight is 399 g/mol. The molecule has 8 heteroatoms. The number of anilines is 2. The first-order chi connectivity index (χ1) is 13.9. The first kappa shape index (κ1) is 20.9. The van der Waals surface area contributed by atoms with Crippen molar-refractivity contribution < 1.29 is 9.59 Å². The van der Waals surface area contributed by atoms with Gasteiger partial charge in [-0.1, -0.05) is 32.0 Å². The van der Waals surface area contributed by atoms with Crippen LogP contribution >= 0.6 is 0 Å². The molecule has 1 aromatic heterocycles. The van der Waals surface area contributed by atoms with E-state index in [4.69, 9.17) is 0 Å². The second-order valence-electron chi connectivity index (χ2n) is 7.87. The number of urea groups is 1. The molecule has 1 aromatic carbocycles. The third-order valence-corrected chi connectivity index (χ3v) is 5.22. The van der Waals surface area contributed by atoms with Gasteiger partial charge in [0.05, 0.1) is 12.2 Å². The lowest BCUT2D eigenvalue weighted by Gasteiger charge is -2.30. The fraction of sp³-hybridized carbons (Fsp3) is 0.476. The van der Waals surface area contributed by atoms with E-state index in [-0.39, 0.29) is 17.9 Å². The molecule has 1 atom stereocenters. The van der Waals surface area contributed by atoms with Crippen molar-refractivity contribution in [2.45, 2.75) is 38.8 Å². The minimum atomic E-state index is -0.667. The van der Waals surface area contributed by atoms with Gasteiger partial charge in [0.15, 0.2) is 0 Å². The van der Waals surface area contributed by atoms with Gasteiger partial charge in [-0.3, -0.25) is 4.79 Å². The second kappa shape index (κ2) is 9.56. The Morgan fingerprint density at radius 3 is 2.41 bits per heavy atom. The maximum atomic E-state index is 12.9. The number of carbonyl (C=O) groups is 2. The highest BCUT2D eigenvalue weighted by molar-refractivity contribution is 5.98. The summed E-state index contributed by atoms with van der Waals surface area (Å²) in [4.78, 5) is 27.6. The maximum Gasteiger partial charge on any atom is 0.319 e. The lowest BCUT2D eigenvalue weighted by Crippen LogP contribution is -2.48. The zero-order chi connectivity index (χ0) is 20.8. The average Bonchev–Trinajstić information content (AvgIpc) is 3.15. The van der Waals surface area contributed by atoms with Crippen LogP contribution in [0.4, 0.5) is 16.3 Å². The molecule has 0 unspecified atom stereocenters. The van der Waals surface area contributed by atoms with Gasteiger partial charge in [0.25, 0.3) is 0 Å². The molecule has 8 nitrogen and oxygen atoms in total. The number of rotatable bonds is 6. The summed E-state index contributed by atoms with van der Waals surface area (Å²) in [6.07, 6.45) is 3.69. The molecule has 1 saturated heterocycles. The Bertz CT molecular complexity index is 812. The quantitative estimate of drug-likeness (QED) is 0.698. The third-order valence-electron chi connectivity index (χ3n) is 5.22. The molecule has 156 valence electrons. The van der Waals surface area contributed by atoms with Crippen LogP contribution < -0.4 is 16.0 Å². The maximum absolute atomic E-state index is 12.9. The van der Waals surface area contributed by atoms with Crippen LogP contribution in [0, 0.1) is 5.92 Å². The van der Waals surface area contributed by atoms with E-state index >= 15 is 0 Å². The van der Waals surface area contributed by atoms with Crippen molar-refractivity contribution in [3.8, 4) is 0 Å². The molecule has 1 aliphatic heterocycles. The number of aromatic nitrogens is 2. The SMILES string of the molecule is CC(C)[C@H](NC(=O)Nc1ccccc1)C(=O)Nc1ccnn1C1CCN(C)CC1. The van der Waals surface area contributed by atoms with Gasteiger partial charge in [-0.2, -0.15) is 5.10 Å². The molecule has 3 amide bonds. The van der Waals surface area contributed by atoms with Crippen LogP contribution in [0.15, 0.2) is 42.6 Å². The highest BCUT2D eigenvalue weighted by atomic mass is 16.2. The lowest BCUT2D eigenvalue weighted by molar-refractivity contribution is -0.118. The van der Waals surface area contributed by atoms with Gasteiger partial charge in [0.2, 0.25) is 5.91 Å². The molecule has 0 saturated carbocycles. The molecular weight excluding hydrogens is 368 g/mol. The van der Waals surface area contributed by atoms with E-state index in [1.54, 1.807) is 24.4 Å². The number of benzene rings is 1. The number of hydrogen-bond donors (Lipinski definition) is 3. The number of nitrogens with one attached hydrogen (secondary N) is 3. The zero-order valence-electron chi connectivity index (χ0n) is 17.3. The van der Waals surface area contributed by atoms with Crippen LogP contribution in [0.2, 0.25) is 0 Å². The Morgan fingerprint density at radius 2 is 1.76 bits per heavy atom. The summed E-state index contributed by atoms with van der Waals surface area (Å²) in [5, 5.41) is 12.9. The number of para-hydroxylation sites is 1. The van der Waals surface area contributed by atoms with Crippen LogP contribution in [-0.2, 0) is 4.79 Å². The van der Waals surface area contributed by atoms with E-state index in [1.165, 1.54) is 0 Å².